The molecule has 2 aromatic carbocycles. The van der Waals surface area contributed by atoms with Gasteiger partial charge in [-0.15, -0.1) is 0 Å². The minimum absolute atomic E-state index is 0.0537. The summed E-state index contributed by atoms with van der Waals surface area (Å²) in [5.74, 6) is 0.461. The SMILES string of the molecule is O=S(=O)(Nc1ccccc1OCC1CCN(c2nc3ccc(F)cc3s2)C1)c1ccccn1. The number of ether oxygens (including phenoxy) is 1. The third-order valence-electron chi connectivity index (χ3n) is 5.41. The fourth-order valence-electron chi connectivity index (χ4n) is 3.75. The average molecular weight is 485 g/mol. The largest absolute Gasteiger partial charge is 0.491 e. The van der Waals surface area contributed by atoms with Crippen molar-refractivity contribution in [2.24, 2.45) is 5.92 Å². The quantitative estimate of drug-likeness (QED) is 0.415. The molecule has 4 aromatic rings. The molecule has 2 aromatic heterocycles. The Morgan fingerprint density at radius 2 is 2.00 bits per heavy atom. The lowest BCUT2D eigenvalue weighted by atomic mass is 10.1. The first-order chi connectivity index (χ1) is 16.0. The Balaban J connectivity index is 1.24. The summed E-state index contributed by atoms with van der Waals surface area (Å²) < 4.78 is 48.2. The summed E-state index contributed by atoms with van der Waals surface area (Å²) in [6.07, 6.45) is 2.36. The number of benzene rings is 2. The van der Waals surface area contributed by atoms with Crippen LogP contribution in [0.3, 0.4) is 0 Å². The van der Waals surface area contributed by atoms with Gasteiger partial charge in [0.15, 0.2) is 10.2 Å². The summed E-state index contributed by atoms with van der Waals surface area (Å²) in [4.78, 5) is 10.7. The van der Waals surface area contributed by atoms with E-state index in [1.807, 2.05) is 0 Å². The molecule has 1 unspecified atom stereocenters. The second-order valence-electron chi connectivity index (χ2n) is 7.79. The number of sulfonamides is 1. The molecule has 0 bridgehead atoms. The van der Waals surface area contributed by atoms with Crippen molar-refractivity contribution in [2.45, 2.75) is 11.4 Å². The number of fused-ring (bicyclic) bond motifs is 1. The van der Waals surface area contributed by atoms with Crippen molar-refractivity contribution in [1.82, 2.24) is 9.97 Å². The number of pyridine rings is 1. The van der Waals surface area contributed by atoms with Crippen molar-refractivity contribution in [2.75, 3.05) is 29.3 Å². The number of halogens is 1. The molecule has 0 saturated carbocycles. The molecule has 0 radical (unpaired) electrons. The van der Waals surface area contributed by atoms with Crippen LogP contribution < -0.4 is 14.4 Å². The monoisotopic (exact) mass is 484 g/mol. The van der Waals surface area contributed by atoms with Crippen LogP contribution in [0.5, 0.6) is 5.75 Å². The van der Waals surface area contributed by atoms with Gasteiger partial charge in [-0.1, -0.05) is 29.5 Å². The van der Waals surface area contributed by atoms with Crippen LogP contribution in [0.15, 0.2) is 71.9 Å². The molecule has 0 amide bonds. The number of nitrogens with zero attached hydrogens (tertiary/aromatic N) is 3. The smallest absolute Gasteiger partial charge is 0.279 e. The lowest BCUT2D eigenvalue weighted by molar-refractivity contribution is 0.262. The first-order valence-electron chi connectivity index (χ1n) is 10.4. The van der Waals surface area contributed by atoms with Crippen LogP contribution in [0.2, 0.25) is 0 Å². The highest BCUT2D eigenvalue weighted by molar-refractivity contribution is 7.92. The maximum atomic E-state index is 13.5. The molecule has 1 aliphatic rings. The van der Waals surface area contributed by atoms with Gasteiger partial charge in [0.1, 0.15) is 11.6 Å². The minimum Gasteiger partial charge on any atom is -0.491 e. The van der Waals surface area contributed by atoms with E-state index in [2.05, 4.69) is 19.6 Å². The van der Waals surface area contributed by atoms with Gasteiger partial charge in [0.25, 0.3) is 10.0 Å². The lowest BCUT2D eigenvalue weighted by Gasteiger charge is -2.17. The van der Waals surface area contributed by atoms with Gasteiger partial charge in [-0.2, -0.15) is 8.42 Å². The maximum absolute atomic E-state index is 13.5. The molecule has 1 atom stereocenters. The summed E-state index contributed by atoms with van der Waals surface area (Å²) in [6.45, 7) is 2.05. The number of nitrogens with one attached hydrogen (secondary N) is 1. The molecular weight excluding hydrogens is 463 g/mol. The topological polar surface area (TPSA) is 84.4 Å². The van der Waals surface area contributed by atoms with Crippen LogP contribution in [0, 0.1) is 11.7 Å². The van der Waals surface area contributed by atoms with E-state index < -0.39 is 10.0 Å². The van der Waals surface area contributed by atoms with Crippen molar-refractivity contribution >= 4 is 42.4 Å². The van der Waals surface area contributed by atoms with Crippen molar-refractivity contribution in [3.05, 3.63) is 72.7 Å². The van der Waals surface area contributed by atoms with E-state index in [-0.39, 0.29) is 16.8 Å². The lowest BCUT2D eigenvalue weighted by Crippen LogP contribution is -2.22. The normalized spacial score (nSPS) is 16.3. The van der Waals surface area contributed by atoms with E-state index >= 15 is 0 Å². The molecule has 0 spiro atoms. The Morgan fingerprint density at radius 3 is 2.85 bits per heavy atom. The highest BCUT2D eigenvalue weighted by atomic mass is 32.2. The molecule has 33 heavy (non-hydrogen) atoms. The summed E-state index contributed by atoms with van der Waals surface area (Å²) >= 11 is 1.48. The Hall–Kier alpha value is -3.24. The third kappa shape index (κ3) is 4.76. The Kier molecular flexibility index (Phi) is 5.86. The highest BCUT2D eigenvalue weighted by Crippen LogP contribution is 2.33. The Labute approximate surface area is 194 Å². The van der Waals surface area contributed by atoms with Crippen LogP contribution in [0.25, 0.3) is 10.2 Å². The zero-order chi connectivity index (χ0) is 22.8. The van der Waals surface area contributed by atoms with Crippen LogP contribution >= 0.6 is 11.3 Å². The predicted octanol–water partition coefficient (Wildman–Crippen LogP) is 4.54. The Morgan fingerprint density at radius 1 is 1.15 bits per heavy atom. The maximum Gasteiger partial charge on any atom is 0.279 e. The first-order valence-corrected chi connectivity index (χ1v) is 12.7. The second kappa shape index (κ2) is 8.95. The average Bonchev–Trinajstić information content (AvgIpc) is 3.45. The van der Waals surface area contributed by atoms with Crippen molar-refractivity contribution in [3.8, 4) is 5.75 Å². The number of rotatable bonds is 7. The molecule has 1 fully saturated rings. The van der Waals surface area contributed by atoms with E-state index in [0.717, 1.165) is 34.9 Å². The van der Waals surface area contributed by atoms with E-state index in [0.29, 0.717) is 18.0 Å². The van der Waals surface area contributed by atoms with E-state index in [1.54, 1.807) is 42.5 Å². The fourth-order valence-corrected chi connectivity index (χ4v) is 5.80. The summed E-state index contributed by atoms with van der Waals surface area (Å²) in [5.41, 5.74) is 1.16. The number of hydrogen-bond donors (Lipinski definition) is 1. The van der Waals surface area contributed by atoms with Gasteiger partial charge in [-0.3, -0.25) is 4.72 Å². The van der Waals surface area contributed by atoms with Gasteiger partial charge in [-0.25, -0.2) is 14.4 Å². The predicted molar refractivity (Wildman–Crippen MR) is 127 cm³/mol. The highest BCUT2D eigenvalue weighted by Gasteiger charge is 2.26. The number of para-hydroxylation sites is 2. The van der Waals surface area contributed by atoms with E-state index in [4.69, 9.17) is 4.74 Å². The van der Waals surface area contributed by atoms with E-state index in [9.17, 15) is 12.8 Å². The van der Waals surface area contributed by atoms with Gasteiger partial charge < -0.3 is 9.64 Å². The molecular formula is C23H21FN4O3S2. The van der Waals surface area contributed by atoms with Crippen molar-refractivity contribution in [1.29, 1.82) is 0 Å². The molecule has 0 aliphatic carbocycles. The molecule has 7 nitrogen and oxygen atoms in total. The van der Waals surface area contributed by atoms with Crippen molar-refractivity contribution < 1.29 is 17.5 Å². The van der Waals surface area contributed by atoms with Crippen molar-refractivity contribution in [3.63, 3.8) is 0 Å². The molecule has 3 heterocycles. The third-order valence-corrected chi connectivity index (χ3v) is 7.77. The molecule has 5 rings (SSSR count). The Bertz CT molecular complexity index is 1380. The van der Waals surface area contributed by atoms with Gasteiger partial charge in [0.05, 0.1) is 22.5 Å². The van der Waals surface area contributed by atoms with Gasteiger partial charge in [-0.05, 0) is 48.9 Å². The number of anilines is 2. The first kappa shape index (κ1) is 21.6. The van der Waals surface area contributed by atoms with Crippen LogP contribution in [-0.4, -0.2) is 38.1 Å². The zero-order valence-electron chi connectivity index (χ0n) is 17.5. The summed E-state index contributed by atoms with van der Waals surface area (Å²) in [6, 6.07) is 16.3. The van der Waals surface area contributed by atoms with E-state index in [1.165, 1.54) is 35.7 Å². The number of aromatic nitrogens is 2. The minimum atomic E-state index is -3.82. The molecule has 1 N–H and O–H groups in total. The number of thiazole rings is 1. The summed E-state index contributed by atoms with van der Waals surface area (Å²) in [7, 11) is -3.82. The molecule has 1 aliphatic heterocycles. The standard InChI is InChI=1S/C23H21FN4O3S2/c24-17-8-9-19-21(13-17)32-23(26-19)28-12-10-16(14-28)15-31-20-6-2-1-5-18(20)27-33(29,30)22-7-3-4-11-25-22/h1-9,11,13,16,27H,10,12,14-15H2. The fraction of sp³-hybridized carbons (Fsp3) is 0.217. The molecule has 10 heteroatoms. The summed E-state index contributed by atoms with van der Waals surface area (Å²) in [5, 5.41) is 0.823. The molecule has 170 valence electrons. The van der Waals surface area contributed by atoms with Crippen LogP contribution in [0.1, 0.15) is 6.42 Å². The van der Waals surface area contributed by atoms with Gasteiger partial charge in [0.2, 0.25) is 0 Å². The van der Waals surface area contributed by atoms with Gasteiger partial charge >= 0.3 is 0 Å². The van der Waals surface area contributed by atoms with Gasteiger partial charge in [0, 0.05) is 25.2 Å². The van der Waals surface area contributed by atoms with Crippen LogP contribution in [-0.2, 0) is 10.0 Å². The molecule has 1 saturated heterocycles. The van der Waals surface area contributed by atoms with Crippen LogP contribution in [0.4, 0.5) is 15.2 Å². The second-order valence-corrected chi connectivity index (χ2v) is 10.4. The zero-order valence-corrected chi connectivity index (χ0v) is 19.2. The number of hydrogen-bond acceptors (Lipinski definition) is 7.